The van der Waals surface area contributed by atoms with Crippen molar-refractivity contribution in [3.05, 3.63) is 0 Å². The molecule has 0 saturated heterocycles. The highest BCUT2D eigenvalue weighted by Crippen LogP contribution is 2.06. The third-order valence-electron chi connectivity index (χ3n) is 2.21. The Morgan fingerprint density at radius 3 is 1.53 bits per heavy atom. The van der Waals surface area contributed by atoms with Crippen molar-refractivity contribution in [1.82, 2.24) is 0 Å². The van der Waals surface area contributed by atoms with E-state index in [9.17, 15) is 0 Å². The fraction of sp³-hybridized carbons (Fsp3) is 1.00. The lowest BCUT2D eigenvalue weighted by molar-refractivity contribution is -0.0249. The van der Waals surface area contributed by atoms with Gasteiger partial charge in [-0.2, -0.15) is 0 Å². The van der Waals surface area contributed by atoms with Gasteiger partial charge in [-0.1, -0.05) is 0 Å². The fourth-order valence-electron chi connectivity index (χ4n) is 1.32. The molecule has 0 amide bonds. The van der Waals surface area contributed by atoms with Crippen LogP contribution in [0.25, 0.3) is 0 Å². The van der Waals surface area contributed by atoms with Crippen molar-refractivity contribution < 1.29 is 14.2 Å². The second kappa shape index (κ2) is 10.4. The Hall–Kier alpha value is -0.120. The summed E-state index contributed by atoms with van der Waals surface area (Å²) < 4.78 is 16.3. The molecular formula is C12H26O3. The monoisotopic (exact) mass is 218 g/mol. The molecular weight excluding hydrogens is 192 g/mol. The molecule has 0 radical (unpaired) electrons. The number of ether oxygens (including phenoxy) is 3. The molecule has 3 nitrogen and oxygen atoms in total. The van der Waals surface area contributed by atoms with Gasteiger partial charge in [-0.15, -0.1) is 0 Å². The summed E-state index contributed by atoms with van der Waals surface area (Å²) in [7, 11) is 0. The van der Waals surface area contributed by atoms with E-state index in [1.807, 2.05) is 13.8 Å². The average Bonchev–Trinajstić information content (AvgIpc) is 2.18. The molecule has 2 unspecified atom stereocenters. The Bertz CT molecular complexity index is 114. The molecule has 0 aromatic carbocycles. The van der Waals surface area contributed by atoms with Crippen LogP contribution in [0.1, 0.15) is 40.5 Å². The first kappa shape index (κ1) is 14.9. The molecule has 0 aliphatic heterocycles. The van der Waals surface area contributed by atoms with Crippen LogP contribution in [0.15, 0.2) is 0 Å². The Kier molecular flexibility index (Phi) is 10.3. The smallest absolute Gasteiger partial charge is 0.0572 e. The third-order valence-corrected chi connectivity index (χ3v) is 2.21. The minimum Gasteiger partial charge on any atom is -0.382 e. The van der Waals surface area contributed by atoms with Crippen molar-refractivity contribution in [2.45, 2.75) is 52.7 Å². The summed E-state index contributed by atoms with van der Waals surface area (Å²) >= 11 is 0. The third kappa shape index (κ3) is 10.2. The molecule has 3 heteroatoms. The van der Waals surface area contributed by atoms with E-state index in [4.69, 9.17) is 14.2 Å². The van der Waals surface area contributed by atoms with Gasteiger partial charge in [0.25, 0.3) is 0 Å². The largest absolute Gasteiger partial charge is 0.382 e. The first-order valence-corrected chi connectivity index (χ1v) is 6.01. The SMILES string of the molecule is CCOCCC(C)OC(C)CCOCC. The van der Waals surface area contributed by atoms with E-state index in [1.165, 1.54) is 0 Å². The molecule has 0 aromatic rings. The van der Waals surface area contributed by atoms with E-state index in [0.29, 0.717) is 0 Å². The van der Waals surface area contributed by atoms with Gasteiger partial charge in [0.05, 0.1) is 12.2 Å². The molecule has 0 heterocycles. The summed E-state index contributed by atoms with van der Waals surface area (Å²) in [6, 6.07) is 0. The zero-order valence-electron chi connectivity index (χ0n) is 10.6. The van der Waals surface area contributed by atoms with Crippen LogP contribution in [0.3, 0.4) is 0 Å². The summed E-state index contributed by atoms with van der Waals surface area (Å²) in [5.41, 5.74) is 0. The van der Waals surface area contributed by atoms with Crippen LogP contribution in [0.4, 0.5) is 0 Å². The molecule has 0 aromatic heterocycles. The normalized spacial score (nSPS) is 15.2. The Morgan fingerprint density at radius 1 is 0.800 bits per heavy atom. The molecule has 0 bridgehead atoms. The number of hydrogen-bond acceptors (Lipinski definition) is 3. The van der Waals surface area contributed by atoms with Gasteiger partial charge in [-0.3, -0.25) is 0 Å². The van der Waals surface area contributed by atoms with Crippen molar-refractivity contribution in [2.24, 2.45) is 0 Å². The molecule has 0 spiro atoms. The summed E-state index contributed by atoms with van der Waals surface area (Å²) in [5, 5.41) is 0. The molecule has 0 aliphatic rings. The molecule has 15 heavy (non-hydrogen) atoms. The predicted molar refractivity (Wildman–Crippen MR) is 62.2 cm³/mol. The Balaban J connectivity index is 3.35. The van der Waals surface area contributed by atoms with Crippen LogP contribution in [-0.4, -0.2) is 38.6 Å². The highest BCUT2D eigenvalue weighted by molar-refractivity contribution is 4.55. The highest BCUT2D eigenvalue weighted by atomic mass is 16.5. The van der Waals surface area contributed by atoms with Crippen molar-refractivity contribution in [3.63, 3.8) is 0 Å². The fourth-order valence-corrected chi connectivity index (χ4v) is 1.32. The van der Waals surface area contributed by atoms with E-state index in [-0.39, 0.29) is 12.2 Å². The van der Waals surface area contributed by atoms with Crippen LogP contribution in [-0.2, 0) is 14.2 Å². The Morgan fingerprint density at radius 2 is 1.20 bits per heavy atom. The predicted octanol–water partition coefficient (Wildman–Crippen LogP) is 2.63. The zero-order chi connectivity index (χ0) is 11.5. The van der Waals surface area contributed by atoms with E-state index in [2.05, 4.69) is 13.8 Å². The van der Waals surface area contributed by atoms with Gasteiger partial charge in [0.1, 0.15) is 0 Å². The topological polar surface area (TPSA) is 27.7 Å². The van der Waals surface area contributed by atoms with Crippen LogP contribution >= 0.6 is 0 Å². The number of hydrogen-bond donors (Lipinski definition) is 0. The maximum atomic E-state index is 5.78. The lowest BCUT2D eigenvalue weighted by atomic mass is 10.2. The van der Waals surface area contributed by atoms with E-state index < -0.39 is 0 Å². The van der Waals surface area contributed by atoms with E-state index in [0.717, 1.165) is 39.3 Å². The zero-order valence-corrected chi connectivity index (χ0v) is 10.6. The van der Waals surface area contributed by atoms with Crippen molar-refractivity contribution in [1.29, 1.82) is 0 Å². The summed E-state index contributed by atoms with van der Waals surface area (Å²) in [5.74, 6) is 0. The lowest BCUT2D eigenvalue weighted by Crippen LogP contribution is -2.20. The summed E-state index contributed by atoms with van der Waals surface area (Å²) in [6.07, 6.45) is 2.47. The molecule has 0 rings (SSSR count). The van der Waals surface area contributed by atoms with E-state index >= 15 is 0 Å². The van der Waals surface area contributed by atoms with Crippen molar-refractivity contribution in [3.8, 4) is 0 Å². The van der Waals surface area contributed by atoms with E-state index in [1.54, 1.807) is 0 Å². The van der Waals surface area contributed by atoms with Gasteiger partial charge in [-0.25, -0.2) is 0 Å². The lowest BCUT2D eigenvalue weighted by Gasteiger charge is -2.19. The minimum absolute atomic E-state index is 0.271. The average molecular weight is 218 g/mol. The molecule has 2 atom stereocenters. The van der Waals surface area contributed by atoms with Gasteiger partial charge in [0.15, 0.2) is 0 Å². The number of rotatable bonds is 10. The van der Waals surface area contributed by atoms with Crippen LogP contribution in [0.5, 0.6) is 0 Å². The Labute approximate surface area is 94.1 Å². The molecule has 0 fully saturated rings. The maximum Gasteiger partial charge on any atom is 0.0572 e. The molecule has 0 N–H and O–H groups in total. The van der Waals surface area contributed by atoms with Gasteiger partial charge in [-0.05, 0) is 40.5 Å². The summed E-state index contributed by atoms with van der Waals surface area (Å²) in [4.78, 5) is 0. The van der Waals surface area contributed by atoms with Crippen molar-refractivity contribution in [2.75, 3.05) is 26.4 Å². The van der Waals surface area contributed by atoms with Gasteiger partial charge in [0.2, 0.25) is 0 Å². The van der Waals surface area contributed by atoms with Gasteiger partial charge in [0, 0.05) is 26.4 Å². The van der Waals surface area contributed by atoms with Gasteiger partial charge < -0.3 is 14.2 Å². The molecule has 0 aliphatic carbocycles. The first-order chi connectivity index (χ1) is 7.20. The van der Waals surface area contributed by atoms with Crippen LogP contribution in [0.2, 0.25) is 0 Å². The van der Waals surface area contributed by atoms with Crippen LogP contribution in [0, 0.1) is 0 Å². The summed E-state index contributed by atoms with van der Waals surface area (Å²) in [6.45, 7) is 11.4. The minimum atomic E-state index is 0.271. The quantitative estimate of drug-likeness (QED) is 0.528. The molecule has 0 saturated carbocycles. The standard InChI is InChI=1S/C12H26O3/c1-5-13-9-7-11(3)15-12(4)8-10-14-6-2/h11-12H,5-10H2,1-4H3. The van der Waals surface area contributed by atoms with Gasteiger partial charge >= 0.3 is 0 Å². The van der Waals surface area contributed by atoms with Crippen LogP contribution < -0.4 is 0 Å². The molecule has 92 valence electrons. The highest BCUT2D eigenvalue weighted by Gasteiger charge is 2.08. The second-order valence-electron chi connectivity index (χ2n) is 3.73. The van der Waals surface area contributed by atoms with Crippen molar-refractivity contribution >= 4 is 0 Å². The first-order valence-electron chi connectivity index (χ1n) is 6.01. The maximum absolute atomic E-state index is 5.78. The second-order valence-corrected chi connectivity index (χ2v) is 3.73.